The molecule has 0 bridgehead atoms. The van der Waals surface area contributed by atoms with Crippen LogP contribution in [0, 0.1) is 0 Å². The average Bonchev–Trinajstić information content (AvgIpc) is 2.98. The molecule has 0 unspecified atom stereocenters. The number of rotatable bonds is 6. The smallest absolute Gasteiger partial charge is 0.339 e. The van der Waals surface area contributed by atoms with Gasteiger partial charge in [0.1, 0.15) is 11.9 Å². The van der Waals surface area contributed by atoms with Crippen molar-refractivity contribution in [1.29, 1.82) is 0 Å². The third kappa shape index (κ3) is 4.26. The van der Waals surface area contributed by atoms with Crippen LogP contribution in [0.25, 0.3) is 0 Å². The van der Waals surface area contributed by atoms with E-state index < -0.39 is 18.0 Å². The predicted molar refractivity (Wildman–Crippen MR) is 103 cm³/mol. The molecule has 1 aliphatic rings. The van der Waals surface area contributed by atoms with E-state index in [2.05, 4.69) is 5.32 Å². The van der Waals surface area contributed by atoms with E-state index in [1.807, 2.05) is 0 Å². The Labute approximate surface area is 167 Å². The number of carbonyl (C=O) groups excluding carboxylic acids is 3. The highest BCUT2D eigenvalue weighted by Crippen LogP contribution is 2.33. The molecule has 146 valence electrons. The van der Waals surface area contributed by atoms with Crippen LogP contribution in [-0.2, 0) is 14.3 Å². The molecule has 2 aromatic rings. The number of nitrogens with zero attached hydrogens (tertiary/aromatic N) is 1. The Kier molecular flexibility index (Phi) is 5.84. The zero-order chi connectivity index (χ0) is 20.3. The summed E-state index contributed by atoms with van der Waals surface area (Å²) in [6.45, 7) is -0.170. The number of carbonyl (C=O) groups is 3. The number of hydrogen-bond donors (Lipinski definition) is 1. The van der Waals surface area contributed by atoms with E-state index in [0.717, 1.165) is 0 Å². The van der Waals surface area contributed by atoms with Crippen molar-refractivity contribution in [2.24, 2.45) is 0 Å². The van der Waals surface area contributed by atoms with Crippen LogP contribution >= 0.6 is 11.6 Å². The third-order valence-electron chi connectivity index (χ3n) is 4.38. The van der Waals surface area contributed by atoms with E-state index in [0.29, 0.717) is 27.6 Å². The maximum absolute atomic E-state index is 12.5. The van der Waals surface area contributed by atoms with Crippen LogP contribution in [0.2, 0.25) is 5.02 Å². The van der Waals surface area contributed by atoms with Crippen LogP contribution in [-0.4, -0.2) is 43.4 Å². The minimum atomic E-state index is -0.644. The maximum atomic E-state index is 12.5. The van der Waals surface area contributed by atoms with Crippen LogP contribution in [0.15, 0.2) is 42.5 Å². The normalized spacial score (nSPS) is 14.8. The summed E-state index contributed by atoms with van der Waals surface area (Å²) >= 11 is 5.95. The van der Waals surface area contributed by atoms with E-state index in [9.17, 15) is 14.4 Å². The molecule has 0 aliphatic carbocycles. The second-order valence-electron chi connectivity index (χ2n) is 6.33. The van der Waals surface area contributed by atoms with Gasteiger partial charge >= 0.3 is 5.97 Å². The fourth-order valence-corrected chi connectivity index (χ4v) is 3.13. The van der Waals surface area contributed by atoms with Crippen LogP contribution in [0.5, 0.6) is 5.75 Å². The zero-order valence-corrected chi connectivity index (χ0v) is 16.2. The first-order valence-corrected chi connectivity index (χ1v) is 8.94. The zero-order valence-electron chi connectivity index (χ0n) is 15.4. The summed E-state index contributed by atoms with van der Waals surface area (Å²) in [6.07, 6.45) is -0.678. The van der Waals surface area contributed by atoms with Gasteiger partial charge in [-0.3, -0.25) is 9.59 Å². The average molecular weight is 403 g/mol. The van der Waals surface area contributed by atoms with Crippen LogP contribution < -0.4 is 10.1 Å². The minimum Gasteiger partial charge on any atom is -0.495 e. The van der Waals surface area contributed by atoms with Crippen molar-refractivity contribution in [3.05, 3.63) is 58.6 Å². The van der Waals surface area contributed by atoms with Crippen molar-refractivity contribution >= 4 is 35.1 Å². The van der Waals surface area contributed by atoms with E-state index >= 15 is 0 Å². The quantitative estimate of drug-likeness (QED) is 0.750. The maximum Gasteiger partial charge on any atom is 0.339 e. The van der Waals surface area contributed by atoms with Gasteiger partial charge in [0.25, 0.3) is 0 Å². The molecule has 0 spiro atoms. The highest BCUT2D eigenvalue weighted by atomic mass is 35.5. The second kappa shape index (κ2) is 8.31. The number of esters is 1. The highest BCUT2D eigenvalue weighted by molar-refractivity contribution is 6.31. The van der Waals surface area contributed by atoms with Gasteiger partial charge < -0.3 is 19.7 Å². The van der Waals surface area contributed by atoms with Gasteiger partial charge in [0.05, 0.1) is 31.3 Å². The third-order valence-corrected chi connectivity index (χ3v) is 4.61. The van der Waals surface area contributed by atoms with Crippen molar-refractivity contribution in [2.75, 3.05) is 26.0 Å². The molecule has 0 saturated heterocycles. The number of halogens is 1. The molecule has 7 nitrogen and oxygen atoms in total. The Morgan fingerprint density at radius 1 is 1.25 bits per heavy atom. The molecule has 1 atom stereocenters. The number of methoxy groups -OCH3 is 1. The fraction of sp³-hybridized carbons (Fsp3) is 0.250. The molecule has 2 amide bonds. The van der Waals surface area contributed by atoms with E-state index in [1.165, 1.54) is 19.1 Å². The highest BCUT2D eigenvalue weighted by Gasteiger charge is 2.33. The summed E-state index contributed by atoms with van der Waals surface area (Å²) in [5.74, 6) is -0.703. The molecular formula is C20H19ClN2O5. The van der Waals surface area contributed by atoms with Gasteiger partial charge in [0, 0.05) is 17.6 Å². The summed E-state index contributed by atoms with van der Waals surface area (Å²) in [5, 5.41) is 3.12. The second-order valence-corrected chi connectivity index (χ2v) is 6.76. The van der Waals surface area contributed by atoms with Gasteiger partial charge in [0.2, 0.25) is 11.8 Å². The topological polar surface area (TPSA) is 84.9 Å². The molecule has 28 heavy (non-hydrogen) atoms. The molecule has 0 fully saturated rings. The van der Waals surface area contributed by atoms with Crippen LogP contribution in [0.1, 0.15) is 28.4 Å². The first-order chi connectivity index (χ1) is 13.4. The van der Waals surface area contributed by atoms with Gasteiger partial charge in [-0.15, -0.1) is 0 Å². The van der Waals surface area contributed by atoms with Crippen molar-refractivity contribution in [3.63, 3.8) is 0 Å². The summed E-state index contributed by atoms with van der Waals surface area (Å²) in [5.41, 5.74) is 1.57. The Morgan fingerprint density at radius 3 is 2.75 bits per heavy atom. The monoisotopic (exact) mass is 402 g/mol. The van der Waals surface area contributed by atoms with Crippen LogP contribution in [0.4, 0.5) is 5.69 Å². The number of cyclic esters (lactones) is 1. The van der Waals surface area contributed by atoms with Crippen molar-refractivity contribution in [3.8, 4) is 5.75 Å². The fourth-order valence-electron chi connectivity index (χ4n) is 2.96. The summed E-state index contributed by atoms with van der Waals surface area (Å²) in [7, 11) is 3.00. The van der Waals surface area contributed by atoms with Gasteiger partial charge in [-0.05, 0) is 24.3 Å². The van der Waals surface area contributed by atoms with Crippen molar-refractivity contribution < 1.29 is 23.9 Å². The first-order valence-electron chi connectivity index (χ1n) is 8.56. The summed E-state index contributed by atoms with van der Waals surface area (Å²) < 4.78 is 10.5. The summed E-state index contributed by atoms with van der Waals surface area (Å²) in [6, 6.07) is 11.8. The lowest BCUT2D eigenvalue weighted by Crippen LogP contribution is -2.35. The van der Waals surface area contributed by atoms with Gasteiger partial charge in [-0.1, -0.05) is 29.8 Å². The molecule has 2 aromatic carbocycles. The van der Waals surface area contributed by atoms with E-state index in [4.69, 9.17) is 21.1 Å². The molecule has 0 saturated carbocycles. The Hall–Kier alpha value is -3.06. The minimum absolute atomic E-state index is 0.0347. The number of hydrogen-bond acceptors (Lipinski definition) is 5. The summed E-state index contributed by atoms with van der Waals surface area (Å²) in [4.78, 5) is 37.9. The SMILES string of the molecule is COc1ccc(Cl)cc1NC(=O)CN(C)C(=O)C[C@@H]1OC(=O)c2ccccc21. The molecule has 0 radical (unpaired) electrons. The van der Waals surface area contributed by atoms with Gasteiger partial charge in [0.15, 0.2) is 0 Å². The first kappa shape index (κ1) is 19.7. The molecular weight excluding hydrogens is 384 g/mol. The molecule has 3 rings (SSSR count). The number of likely N-dealkylation sites (N-methyl/N-ethyl adjacent to an activating group) is 1. The van der Waals surface area contributed by atoms with Gasteiger partial charge in [-0.25, -0.2) is 4.79 Å². The van der Waals surface area contributed by atoms with E-state index in [-0.39, 0.29) is 18.9 Å². The number of fused-ring (bicyclic) bond motifs is 1. The van der Waals surface area contributed by atoms with Gasteiger partial charge in [-0.2, -0.15) is 0 Å². The molecule has 1 aliphatic heterocycles. The molecule has 0 aromatic heterocycles. The standard InChI is InChI=1S/C20H19ClN2O5/c1-23(11-18(24)22-15-9-12(21)7-8-16(15)27-2)19(25)10-17-13-5-3-4-6-14(13)20(26)28-17/h3-9,17H,10-11H2,1-2H3,(H,22,24)/t17-/m0/s1. The number of anilines is 1. The molecule has 8 heteroatoms. The van der Waals surface area contributed by atoms with Crippen molar-refractivity contribution in [2.45, 2.75) is 12.5 Å². The Bertz CT molecular complexity index is 931. The molecule has 1 N–H and O–H groups in total. The molecule has 1 heterocycles. The number of amides is 2. The predicted octanol–water partition coefficient (Wildman–Crippen LogP) is 3.05. The van der Waals surface area contributed by atoms with Crippen LogP contribution in [0.3, 0.4) is 0 Å². The number of benzene rings is 2. The number of nitrogens with one attached hydrogen (secondary N) is 1. The lowest BCUT2D eigenvalue weighted by Gasteiger charge is -2.19. The largest absolute Gasteiger partial charge is 0.495 e. The lowest BCUT2D eigenvalue weighted by atomic mass is 10.0. The number of ether oxygens (including phenoxy) is 2. The van der Waals surface area contributed by atoms with Crippen molar-refractivity contribution in [1.82, 2.24) is 4.90 Å². The van der Waals surface area contributed by atoms with E-state index in [1.54, 1.807) is 42.5 Å². The Morgan fingerprint density at radius 2 is 2.00 bits per heavy atom. The Balaban J connectivity index is 1.60. The lowest BCUT2D eigenvalue weighted by molar-refractivity contribution is -0.135.